The molecule has 6 nitrogen and oxygen atoms in total. The number of aryl methyl sites for hydroxylation is 1. The summed E-state index contributed by atoms with van der Waals surface area (Å²) in [7, 11) is 0. The van der Waals surface area contributed by atoms with Crippen LogP contribution >= 0.6 is 23.1 Å². The van der Waals surface area contributed by atoms with Crippen LogP contribution in [0.25, 0.3) is 21.6 Å². The molecule has 1 aliphatic rings. The smallest absolute Gasteiger partial charge is 0.412 e. The monoisotopic (exact) mass is 550 g/mol. The maximum Gasteiger partial charge on any atom is 0.412 e. The van der Waals surface area contributed by atoms with Gasteiger partial charge in [-0.3, -0.25) is 10.1 Å². The number of amides is 1. The topological polar surface area (TPSA) is 88.5 Å². The van der Waals surface area contributed by atoms with Crippen LogP contribution < -0.4 is 5.32 Å². The minimum atomic E-state index is -0.832. The van der Waals surface area contributed by atoms with Gasteiger partial charge in [-0.2, -0.15) is 4.37 Å². The standard InChI is InChI=1S/C29H24ClFN2O4S/c1-16-25(32-28(36)37-17(2)18-6-4-3-5-7-18)26(38-33-16)22-14-23(30)21(15-24(22)31)19-8-10-20(11-9-19)29(12-13-29)27(34)35/h3-11,14-15,17H,12-13H2,1-2H3,(H,32,36)(H,34,35). The van der Waals surface area contributed by atoms with Crippen molar-refractivity contribution in [3.8, 4) is 21.6 Å². The summed E-state index contributed by atoms with van der Waals surface area (Å²) in [4.78, 5) is 24.7. The lowest BCUT2D eigenvalue weighted by Crippen LogP contribution is -2.19. The first kappa shape index (κ1) is 25.9. The number of ether oxygens (including phenoxy) is 1. The van der Waals surface area contributed by atoms with Crippen LogP contribution in [-0.2, 0) is 14.9 Å². The first-order valence-electron chi connectivity index (χ1n) is 12.0. The number of nitrogens with one attached hydrogen (secondary N) is 1. The Morgan fingerprint density at radius 2 is 1.79 bits per heavy atom. The molecule has 0 bridgehead atoms. The van der Waals surface area contributed by atoms with Gasteiger partial charge in [-0.15, -0.1) is 0 Å². The fourth-order valence-corrected chi connectivity index (χ4v) is 5.58. The van der Waals surface area contributed by atoms with Crippen LogP contribution in [0.5, 0.6) is 0 Å². The van der Waals surface area contributed by atoms with E-state index in [9.17, 15) is 14.7 Å². The summed E-state index contributed by atoms with van der Waals surface area (Å²) < 4.78 is 25.3. The van der Waals surface area contributed by atoms with Gasteiger partial charge in [0.25, 0.3) is 0 Å². The molecular weight excluding hydrogens is 527 g/mol. The van der Waals surface area contributed by atoms with Crippen LogP contribution in [0.3, 0.4) is 0 Å². The van der Waals surface area contributed by atoms with E-state index in [0.717, 1.165) is 22.7 Å². The highest BCUT2D eigenvalue weighted by Gasteiger charge is 2.51. The number of carbonyl (C=O) groups is 2. The van der Waals surface area contributed by atoms with Gasteiger partial charge in [0.05, 0.1) is 21.7 Å². The van der Waals surface area contributed by atoms with Crippen molar-refractivity contribution in [2.24, 2.45) is 0 Å². The maximum atomic E-state index is 15.4. The number of hydrogen-bond donors (Lipinski definition) is 2. The summed E-state index contributed by atoms with van der Waals surface area (Å²) in [5.41, 5.74) is 2.99. The predicted molar refractivity (Wildman–Crippen MR) is 146 cm³/mol. The van der Waals surface area contributed by atoms with E-state index >= 15 is 4.39 Å². The van der Waals surface area contributed by atoms with Gasteiger partial charge in [-0.1, -0.05) is 66.2 Å². The number of halogens is 2. The maximum absolute atomic E-state index is 15.4. The summed E-state index contributed by atoms with van der Waals surface area (Å²) >= 11 is 7.64. The van der Waals surface area contributed by atoms with Crippen molar-refractivity contribution in [3.05, 3.63) is 94.4 Å². The van der Waals surface area contributed by atoms with Gasteiger partial charge in [0.15, 0.2) is 0 Å². The van der Waals surface area contributed by atoms with Gasteiger partial charge in [-0.05, 0) is 67.0 Å². The average molecular weight is 551 g/mol. The first-order chi connectivity index (χ1) is 18.2. The van der Waals surface area contributed by atoms with Crippen LogP contribution in [0.4, 0.5) is 14.9 Å². The molecule has 1 amide bonds. The molecule has 1 aromatic heterocycles. The molecule has 9 heteroatoms. The van der Waals surface area contributed by atoms with Crippen LogP contribution in [0.2, 0.25) is 5.02 Å². The molecule has 194 valence electrons. The number of aliphatic carboxylic acids is 1. The number of carbonyl (C=O) groups excluding carboxylic acids is 1. The molecule has 0 spiro atoms. The van der Waals surface area contributed by atoms with E-state index in [-0.39, 0.29) is 5.56 Å². The Balaban J connectivity index is 1.38. The minimum Gasteiger partial charge on any atom is -0.481 e. The van der Waals surface area contributed by atoms with Crippen molar-refractivity contribution in [2.75, 3.05) is 5.32 Å². The summed E-state index contributed by atoms with van der Waals surface area (Å²) in [6.45, 7) is 3.49. The number of hydrogen-bond acceptors (Lipinski definition) is 5. The zero-order chi connectivity index (χ0) is 27.0. The molecule has 3 aromatic carbocycles. The van der Waals surface area contributed by atoms with Crippen LogP contribution in [-0.4, -0.2) is 21.5 Å². The number of anilines is 1. The lowest BCUT2D eigenvalue weighted by Gasteiger charge is -2.15. The number of nitrogens with zero attached hydrogens (tertiary/aromatic N) is 1. The third kappa shape index (κ3) is 4.89. The Morgan fingerprint density at radius 1 is 1.11 bits per heavy atom. The lowest BCUT2D eigenvalue weighted by molar-refractivity contribution is -0.140. The number of rotatable bonds is 7. The SMILES string of the molecule is Cc1nsc(-c2cc(Cl)c(-c3ccc(C4(C(=O)O)CC4)cc3)cc2F)c1NC(=O)OC(C)c1ccccc1. The van der Waals surface area contributed by atoms with E-state index in [4.69, 9.17) is 16.3 Å². The van der Waals surface area contributed by atoms with Gasteiger partial charge >= 0.3 is 12.1 Å². The second-order valence-corrected chi connectivity index (χ2v) is 10.5. The Hall–Kier alpha value is -3.75. The predicted octanol–water partition coefficient (Wildman–Crippen LogP) is 8.00. The summed E-state index contributed by atoms with van der Waals surface area (Å²) in [5, 5.41) is 12.6. The Bertz CT molecular complexity index is 1520. The molecule has 1 unspecified atom stereocenters. The van der Waals surface area contributed by atoms with Gasteiger partial charge in [0.1, 0.15) is 11.9 Å². The fourth-order valence-electron chi connectivity index (χ4n) is 4.45. The van der Waals surface area contributed by atoms with Crippen molar-refractivity contribution in [1.82, 2.24) is 4.37 Å². The normalized spacial score (nSPS) is 14.5. The highest BCUT2D eigenvalue weighted by atomic mass is 35.5. The van der Waals surface area contributed by atoms with Crippen LogP contribution in [0.15, 0.2) is 66.7 Å². The Labute approximate surface area is 228 Å². The van der Waals surface area contributed by atoms with E-state index in [1.54, 1.807) is 38.1 Å². The van der Waals surface area contributed by atoms with E-state index in [1.807, 2.05) is 30.3 Å². The van der Waals surface area contributed by atoms with E-state index < -0.39 is 29.4 Å². The molecule has 38 heavy (non-hydrogen) atoms. The summed E-state index contributed by atoms with van der Waals surface area (Å²) in [6.07, 6.45) is 0.0575. The third-order valence-electron chi connectivity index (χ3n) is 6.85. The molecule has 2 N–H and O–H groups in total. The Kier molecular flexibility index (Phi) is 6.94. The van der Waals surface area contributed by atoms with Crippen molar-refractivity contribution in [1.29, 1.82) is 0 Å². The average Bonchev–Trinajstić information content (AvgIpc) is 3.65. The molecule has 1 atom stereocenters. The van der Waals surface area contributed by atoms with Gasteiger partial charge in [-0.25, -0.2) is 9.18 Å². The van der Waals surface area contributed by atoms with E-state index in [0.29, 0.717) is 45.2 Å². The molecule has 1 saturated carbocycles. The number of carboxylic acid groups (broad SMARTS) is 1. The first-order valence-corrected chi connectivity index (χ1v) is 13.2. The Morgan fingerprint density at radius 3 is 2.42 bits per heavy atom. The highest BCUT2D eigenvalue weighted by Crippen LogP contribution is 2.49. The fraction of sp³-hybridized carbons (Fsp3) is 0.207. The van der Waals surface area contributed by atoms with Crippen LogP contribution in [0.1, 0.15) is 42.7 Å². The number of aromatic nitrogens is 1. The molecule has 0 radical (unpaired) electrons. The van der Waals surface area contributed by atoms with Gasteiger partial charge in [0.2, 0.25) is 0 Å². The molecule has 5 rings (SSSR count). The van der Waals surface area contributed by atoms with Gasteiger partial charge < -0.3 is 9.84 Å². The quantitative estimate of drug-likeness (QED) is 0.243. The van der Waals surface area contributed by atoms with Crippen molar-refractivity contribution >= 4 is 40.9 Å². The molecule has 1 aliphatic carbocycles. The molecular formula is C29H24ClFN2O4S. The summed E-state index contributed by atoms with van der Waals surface area (Å²) in [6, 6.07) is 19.2. The minimum absolute atomic E-state index is 0.204. The number of carboxylic acids is 1. The van der Waals surface area contributed by atoms with E-state index in [1.165, 1.54) is 12.1 Å². The molecule has 0 aliphatic heterocycles. The zero-order valence-corrected chi connectivity index (χ0v) is 22.2. The van der Waals surface area contributed by atoms with Crippen molar-refractivity contribution in [2.45, 2.75) is 38.2 Å². The highest BCUT2D eigenvalue weighted by molar-refractivity contribution is 7.10. The lowest BCUT2D eigenvalue weighted by atomic mass is 9.93. The zero-order valence-electron chi connectivity index (χ0n) is 20.6. The van der Waals surface area contributed by atoms with Crippen LogP contribution in [0, 0.1) is 12.7 Å². The third-order valence-corrected chi connectivity index (χ3v) is 8.14. The second kappa shape index (κ2) is 10.2. The van der Waals surface area contributed by atoms with E-state index in [2.05, 4.69) is 9.69 Å². The largest absolute Gasteiger partial charge is 0.481 e. The molecule has 4 aromatic rings. The molecule has 1 heterocycles. The number of benzene rings is 3. The molecule has 1 fully saturated rings. The molecule has 0 saturated heterocycles. The van der Waals surface area contributed by atoms with Crippen molar-refractivity contribution in [3.63, 3.8) is 0 Å². The van der Waals surface area contributed by atoms with Gasteiger partial charge in [0, 0.05) is 16.1 Å². The summed E-state index contributed by atoms with van der Waals surface area (Å²) in [5.74, 6) is -1.36. The van der Waals surface area contributed by atoms with Crippen molar-refractivity contribution < 1.29 is 23.8 Å². The second-order valence-electron chi connectivity index (χ2n) is 9.33.